The summed E-state index contributed by atoms with van der Waals surface area (Å²) in [5.41, 5.74) is 5.66. The molecule has 0 aliphatic carbocycles. The molecule has 3 aromatic rings. The predicted octanol–water partition coefficient (Wildman–Crippen LogP) is 6.91. The third-order valence-corrected chi connectivity index (χ3v) is 7.40. The van der Waals surface area contributed by atoms with Crippen LogP contribution in [0.3, 0.4) is 0 Å². The fraction of sp³-hybridized carbons (Fsp3) is 0.120. The van der Waals surface area contributed by atoms with E-state index in [2.05, 4.69) is 72.6 Å². The molecule has 2 aliphatic heterocycles. The van der Waals surface area contributed by atoms with Crippen molar-refractivity contribution in [2.75, 3.05) is 23.9 Å². The third-order valence-electron chi connectivity index (χ3n) is 5.93. The average Bonchev–Trinajstić information content (AvgIpc) is 3.26. The van der Waals surface area contributed by atoms with Gasteiger partial charge in [-0.3, -0.25) is 10.1 Å². The Labute approximate surface area is 195 Å². The number of para-hydroxylation sites is 1. The molecule has 0 saturated heterocycles. The number of hydrogen-bond acceptors (Lipinski definition) is 5. The Bertz CT molecular complexity index is 1290. The van der Waals surface area contributed by atoms with Crippen molar-refractivity contribution < 1.29 is 4.92 Å². The van der Waals surface area contributed by atoms with Gasteiger partial charge in [0.2, 0.25) is 0 Å². The van der Waals surface area contributed by atoms with Crippen LogP contribution in [0.5, 0.6) is 0 Å². The maximum atomic E-state index is 11.3. The molecule has 0 amide bonds. The van der Waals surface area contributed by atoms with Crippen LogP contribution in [-0.2, 0) is 0 Å². The maximum Gasteiger partial charge on any atom is 0.289 e. The Morgan fingerprint density at radius 3 is 2.47 bits per heavy atom. The largest absolute Gasteiger partial charge is 0.363 e. The number of thioether (sulfide) groups is 1. The minimum atomic E-state index is -0.442. The number of fused-ring (bicyclic) bond motifs is 2. The quantitative estimate of drug-likeness (QED) is 0.313. The number of rotatable bonds is 3. The van der Waals surface area contributed by atoms with E-state index in [1.807, 2.05) is 18.0 Å². The fourth-order valence-corrected chi connectivity index (χ4v) is 5.66. The van der Waals surface area contributed by atoms with Crippen LogP contribution in [0.15, 0.2) is 88.8 Å². The smallest absolute Gasteiger partial charge is 0.289 e. The van der Waals surface area contributed by atoms with Gasteiger partial charge in [-0.25, -0.2) is 0 Å². The van der Waals surface area contributed by atoms with E-state index in [0.717, 1.165) is 15.6 Å². The SMILES string of the molecule is CN1C(=CC=C2c3ccccc3N(C)C2c2ccccc2)Sc2cc([N+](=O)[O-])c(Cl)cc21. The van der Waals surface area contributed by atoms with Crippen LogP contribution in [-0.4, -0.2) is 19.0 Å². The van der Waals surface area contributed by atoms with Gasteiger partial charge in [0.05, 0.1) is 21.7 Å². The minimum Gasteiger partial charge on any atom is -0.363 e. The molecule has 0 bridgehead atoms. The molecule has 32 heavy (non-hydrogen) atoms. The van der Waals surface area contributed by atoms with Crippen molar-refractivity contribution in [3.8, 4) is 0 Å². The van der Waals surface area contributed by atoms with Crippen molar-refractivity contribution in [3.63, 3.8) is 0 Å². The van der Waals surface area contributed by atoms with Crippen molar-refractivity contribution in [1.82, 2.24) is 0 Å². The van der Waals surface area contributed by atoms with Crippen molar-refractivity contribution in [2.24, 2.45) is 0 Å². The number of halogens is 1. The third kappa shape index (κ3) is 3.36. The zero-order chi connectivity index (χ0) is 22.4. The summed E-state index contributed by atoms with van der Waals surface area (Å²) in [6, 6.07) is 22.2. The molecule has 0 radical (unpaired) electrons. The van der Waals surface area contributed by atoms with E-state index < -0.39 is 4.92 Å². The van der Waals surface area contributed by atoms with Crippen molar-refractivity contribution in [1.29, 1.82) is 0 Å². The van der Waals surface area contributed by atoms with Crippen molar-refractivity contribution in [2.45, 2.75) is 10.9 Å². The number of nitro groups is 1. The molecule has 0 aromatic heterocycles. The fourth-order valence-electron chi connectivity index (χ4n) is 4.36. The van der Waals surface area contributed by atoms with Gasteiger partial charge in [-0.05, 0) is 29.3 Å². The number of nitro benzene ring substituents is 1. The first-order valence-corrected chi connectivity index (χ1v) is 11.3. The predicted molar refractivity (Wildman–Crippen MR) is 132 cm³/mol. The molecule has 0 N–H and O–H groups in total. The Kier molecular flexibility index (Phi) is 5.19. The summed E-state index contributed by atoms with van der Waals surface area (Å²) in [5.74, 6) is 0. The van der Waals surface area contributed by atoms with Crippen molar-refractivity contribution in [3.05, 3.63) is 110 Å². The van der Waals surface area contributed by atoms with Gasteiger partial charge in [-0.1, -0.05) is 78.0 Å². The minimum absolute atomic E-state index is 0.0681. The van der Waals surface area contributed by atoms with Crippen LogP contribution in [0.4, 0.5) is 17.1 Å². The van der Waals surface area contributed by atoms with E-state index in [9.17, 15) is 10.1 Å². The topological polar surface area (TPSA) is 49.6 Å². The highest BCUT2D eigenvalue weighted by molar-refractivity contribution is 8.03. The maximum absolute atomic E-state index is 11.3. The zero-order valence-electron chi connectivity index (χ0n) is 17.5. The van der Waals surface area contributed by atoms with Gasteiger partial charge in [0.1, 0.15) is 5.02 Å². The van der Waals surface area contributed by atoms with E-state index in [0.29, 0.717) is 0 Å². The Morgan fingerprint density at radius 1 is 1.00 bits per heavy atom. The molecule has 3 aromatic carbocycles. The molecule has 5 nitrogen and oxygen atoms in total. The van der Waals surface area contributed by atoms with Gasteiger partial charge in [0, 0.05) is 36.3 Å². The Morgan fingerprint density at radius 2 is 1.72 bits per heavy atom. The van der Waals surface area contributed by atoms with Crippen molar-refractivity contribution >= 4 is 46.0 Å². The Hall–Kier alpha value is -3.22. The van der Waals surface area contributed by atoms with E-state index in [-0.39, 0.29) is 16.8 Å². The highest BCUT2D eigenvalue weighted by Gasteiger charge is 2.32. The molecule has 2 heterocycles. The van der Waals surface area contributed by atoms with Crippen LogP contribution < -0.4 is 9.80 Å². The van der Waals surface area contributed by atoms with Gasteiger partial charge in [-0.15, -0.1) is 0 Å². The molecule has 7 heteroatoms. The lowest BCUT2D eigenvalue weighted by Gasteiger charge is -2.24. The van der Waals surface area contributed by atoms with Gasteiger partial charge in [0.15, 0.2) is 0 Å². The summed E-state index contributed by atoms with van der Waals surface area (Å²) in [6.07, 6.45) is 4.26. The average molecular weight is 462 g/mol. The number of allylic oxidation sites excluding steroid dienone is 2. The molecule has 1 unspecified atom stereocenters. The van der Waals surface area contributed by atoms with E-state index >= 15 is 0 Å². The first-order valence-electron chi connectivity index (χ1n) is 10.1. The second-order valence-electron chi connectivity index (χ2n) is 7.76. The van der Waals surface area contributed by atoms with E-state index in [1.165, 1.54) is 34.1 Å². The number of likely N-dealkylation sites (N-methyl/N-ethyl adjacent to an activating group) is 1. The first kappa shape index (κ1) is 20.7. The monoisotopic (exact) mass is 461 g/mol. The molecule has 5 rings (SSSR count). The van der Waals surface area contributed by atoms with Crippen LogP contribution in [0.2, 0.25) is 5.02 Å². The first-order chi connectivity index (χ1) is 15.5. The van der Waals surface area contributed by atoms with Crippen LogP contribution >= 0.6 is 23.4 Å². The Balaban J connectivity index is 1.56. The summed E-state index contributed by atoms with van der Waals surface area (Å²) in [4.78, 5) is 16.0. The molecule has 2 aliphatic rings. The molecular formula is C25H20ClN3O2S. The second-order valence-corrected chi connectivity index (χ2v) is 9.23. The van der Waals surface area contributed by atoms with Gasteiger partial charge >= 0.3 is 0 Å². The number of benzene rings is 3. The van der Waals surface area contributed by atoms with Crippen LogP contribution in [0, 0.1) is 10.1 Å². The lowest BCUT2D eigenvalue weighted by molar-refractivity contribution is -0.384. The van der Waals surface area contributed by atoms with Crippen LogP contribution in [0.1, 0.15) is 17.2 Å². The summed E-state index contributed by atoms with van der Waals surface area (Å²) < 4.78 is 0. The molecular weight excluding hydrogens is 442 g/mol. The number of anilines is 2. The van der Waals surface area contributed by atoms with Gasteiger partial charge < -0.3 is 9.80 Å². The standard InChI is InChI=1S/C25H20ClN3O2S/c1-27-22-14-19(26)21(29(30)31)15-23(22)32-24(27)13-12-18-17-10-6-7-11-20(17)28(2)25(18)16-8-4-3-5-9-16/h3-15,25H,1-2H3. The summed E-state index contributed by atoms with van der Waals surface area (Å²) in [6.45, 7) is 0. The molecule has 0 fully saturated rings. The van der Waals surface area contributed by atoms with Crippen LogP contribution in [0.25, 0.3) is 5.57 Å². The number of nitrogens with zero attached hydrogens (tertiary/aromatic N) is 3. The normalized spacial score (nSPS) is 19.5. The molecule has 1 atom stereocenters. The van der Waals surface area contributed by atoms with E-state index in [4.69, 9.17) is 11.6 Å². The van der Waals surface area contributed by atoms with Gasteiger partial charge in [0.25, 0.3) is 5.69 Å². The molecule has 0 saturated carbocycles. The highest BCUT2D eigenvalue weighted by Crippen LogP contribution is 2.50. The van der Waals surface area contributed by atoms with Gasteiger partial charge in [-0.2, -0.15) is 0 Å². The lowest BCUT2D eigenvalue weighted by atomic mass is 9.96. The zero-order valence-corrected chi connectivity index (χ0v) is 19.1. The summed E-state index contributed by atoms with van der Waals surface area (Å²) in [5, 5.41) is 12.4. The highest BCUT2D eigenvalue weighted by atomic mass is 35.5. The molecule has 0 spiro atoms. The summed E-state index contributed by atoms with van der Waals surface area (Å²) in [7, 11) is 4.08. The van der Waals surface area contributed by atoms with E-state index in [1.54, 1.807) is 12.1 Å². The lowest BCUT2D eigenvalue weighted by Crippen LogP contribution is -2.19. The number of hydrogen-bond donors (Lipinski definition) is 0. The second kappa shape index (κ2) is 8.04. The molecule has 160 valence electrons. The summed E-state index contributed by atoms with van der Waals surface area (Å²) >= 11 is 7.65.